The number of nitrogens with one attached hydrogen (secondary N) is 1. The van der Waals surface area contributed by atoms with Crippen LogP contribution < -0.4 is 15.6 Å². The molecule has 11 heteroatoms. The fourth-order valence-corrected chi connectivity index (χ4v) is 3.50. The number of aromatic nitrogens is 3. The van der Waals surface area contributed by atoms with Crippen molar-refractivity contribution in [1.82, 2.24) is 14.8 Å². The van der Waals surface area contributed by atoms with Gasteiger partial charge in [0.2, 0.25) is 0 Å². The Balaban J connectivity index is 1.56. The largest absolute Gasteiger partial charge is 0.434 e. The molecule has 2 aromatic carbocycles. The lowest BCUT2D eigenvalue weighted by Crippen LogP contribution is -2.24. The first-order valence-corrected chi connectivity index (χ1v) is 9.96. The van der Waals surface area contributed by atoms with E-state index in [0.29, 0.717) is 16.9 Å². The molecular formula is C21H13F3N4O3S. The summed E-state index contributed by atoms with van der Waals surface area (Å²) in [6.45, 7) is -2.99. The summed E-state index contributed by atoms with van der Waals surface area (Å²) in [5, 5.41) is 8.35. The minimum atomic E-state index is -2.99. The van der Waals surface area contributed by atoms with Crippen molar-refractivity contribution in [2.75, 3.05) is 5.32 Å². The molecule has 0 saturated heterocycles. The van der Waals surface area contributed by atoms with E-state index in [1.54, 1.807) is 23.6 Å². The Labute approximate surface area is 182 Å². The molecule has 162 valence electrons. The van der Waals surface area contributed by atoms with Crippen LogP contribution in [0.15, 0.2) is 70.8 Å². The zero-order valence-electron chi connectivity index (χ0n) is 16.0. The van der Waals surface area contributed by atoms with Gasteiger partial charge >= 0.3 is 6.61 Å². The highest BCUT2D eigenvalue weighted by molar-refractivity contribution is 7.14. The third kappa shape index (κ3) is 4.67. The molecule has 0 saturated carbocycles. The molecule has 0 aliphatic heterocycles. The highest BCUT2D eigenvalue weighted by Gasteiger charge is 2.16. The summed E-state index contributed by atoms with van der Waals surface area (Å²) in [7, 11) is 0. The molecule has 4 aromatic rings. The van der Waals surface area contributed by atoms with Gasteiger partial charge in [0.1, 0.15) is 17.3 Å². The molecule has 0 spiro atoms. The second-order valence-corrected chi connectivity index (χ2v) is 7.17. The van der Waals surface area contributed by atoms with E-state index in [4.69, 9.17) is 0 Å². The molecule has 4 rings (SSSR count). The average Bonchev–Trinajstić information content (AvgIpc) is 3.23. The van der Waals surface area contributed by atoms with Gasteiger partial charge in [0.15, 0.2) is 5.13 Å². The Hall–Kier alpha value is -3.99. The van der Waals surface area contributed by atoms with Gasteiger partial charge in [0.25, 0.3) is 11.5 Å². The van der Waals surface area contributed by atoms with Crippen LogP contribution in [0.25, 0.3) is 16.9 Å². The quantitative estimate of drug-likeness (QED) is 0.464. The molecule has 1 amide bonds. The maximum absolute atomic E-state index is 13.1. The van der Waals surface area contributed by atoms with Gasteiger partial charge < -0.3 is 4.74 Å². The van der Waals surface area contributed by atoms with Crippen molar-refractivity contribution >= 4 is 22.4 Å². The minimum Gasteiger partial charge on any atom is -0.434 e. The summed E-state index contributed by atoms with van der Waals surface area (Å²) in [5.41, 5.74) is 0.393. The number of rotatable bonds is 6. The summed E-state index contributed by atoms with van der Waals surface area (Å²) < 4.78 is 43.9. The highest BCUT2D eigenvalue weighted by atomic mass is 32.1. The van der Waals surface area contributed by atoms with Crippen LogP contribution in [0.4, 0.5) is 18.3 Å². The van der Waals surface area contributed by atoms with E-state index in [0.717, 1.165) is 22.1 Å². The fraction of sp³-hybridized carbons (Fsp3) is 0.0476. The number of carbonyl (C=O) groups excluding carboxylic acids is 1. The SMILES string of the molecule is O=C(Nc1nc(-c2ccccc2OC(F)F)cs1)c1ccc(=O)n(-c2ccc(F)cc2)n1. The average molecular weight is 458 g/mol. The van der Waals surface area contributed by atoms with Crippen LogP contribution in [-0.4, -0.2) is 27.3 Å². The smallest absolute Gasteiger partial charge is 0.387 e. The van der Waals surface area contributed by atoms with E-state index in [-0.39, 0.29) is 16.6 Å². The number of benzene rings is 2. The number of hydrogen-bond acceptors (Lipinski definition) is 6. The Bertz CT molecular complexity index is 1320. The third-order valence-corrected chi connectivity index (χ3v) is 4.97. The zero-order valence-corrected chi connectivity index (χ0v) is 16.9. The standard InChI is InChI=1S/C21H13F3N4O3S/c22-12-5-7-13(8-6-12)28-18(29)10-9-15(27-28)19(30)26-21-25-16(11-32-21)14-3-1-2-4-17(14)31-20(23)24/h1-11,20H,(H,25,26,30). The van der Waals surface area contributed by atoms with Gasteiger partial charge in [-0.3, -0.25) is 14.9 Å². The van der Waals surface area contributed by atoms with E-state index in [1.807, 2.05) is 0 Å². The molecule has 0 unspecified atom stereocenters. The summed E-state index contributed by atoms with van der Waals surface area (Å²) >= 11 is 1.08. The first kappa shape index (κ1) is 21.2. The Morgan fingerprint density at radius 1 is 1.06 bits per heavy atom. The molecule has 0 radical (unpaired) electrons. The van der Waals surface area contributed by atoms with Crippen molar-refractivity contribution in [2.24, 2.45) is 0 Å². The van der Waals surface area contributed by atoms with E-state index in [2.05, 4.69) is 20.1 Å². The number of amides is 1. The van der Waals surface area contributed by atoms with Crippen molar-refractivity contribution in [1.29, 1.82) is 0 Å². The lowest BCUT2D eigenvalue weighted by Gasteiger charge is -2.08. The number of alkyl halides is 2. The van der Waals surface area contributed by atoms with E-state index in [9.17, 15) is 22.8 Å². The molecule has 0 aliphatic rings. The number of nitrogens with zero attached hydrogens (tertiary/aromatic N) is 3. The summed E-state index contributed by atoms with van der Waals surface area (Å²) in [5.74, 6) is -1.16. The predicted molar refractivity (Wildman–Crippen MR) is 112 cm³/mol. The summed E-state index contributed by atoms with van der Waals surface area (Å²) in [6, 6.07) is 13.6. The van der Waals surface area contributed by atoms with Crippen molar-refractivity contribution in [3.8, 4) is 22.7 Å². The molecular weight excluding hydrogens is 445 g/mol. The number of carbonyl (C=O) groups is 1. The molecule has 2 heterocycles. The first-order chi connectivity index (χ1) is 15.4. The fourth-order valence-electron chi connectivity index (χ4n) is 2.79. The molecule has 0 atom stereocenters. The normalized spacial score (nSPS) is 10.9. The topological polar surface area (TPSA) is 86.1 Å². The van der Waals surface area contributed by atoms with Crippen LogP contribution in [0.5, 0.6) is 5.75 Å². The van der Waals surface area contributed by atoms with Gasteiger partial charge in [-0.1, -0.05) is 12.1 Å². The van der Waals surface area contributed by atoms with Gasteiger partial charge in [-0.15, -0.1) is 11.3 Å². The van der Waals surface area contributed by atoms with Crippen molar-refractivity contribution < 1.29 is 22.7 Å². The molecule has 2 aromatic heterocycles. The van der Waals surface area contributed by atoms with Crippen LogP contribution in [0.3, 0.4) is 0 Å². The van der Waals surface area contributed by atoms with Crippen LogP contribution in [-0.2, 0) is 0 Å². The van der Waals surface area contributed by atoms with Crippen molar-refractivity contribution in [3.05, 3.63) is 87.9 Å². The van der Waals surface area contributed by atoms with Gasteiger partial charge in [-0.25, -0.2) is 9.37 Å². The maximum atomic E-state index is 13.1. The van der Waals surface area contributed by atoms with Crippen molar-refractivity contribution in [2.45, 2.75) is 6.61 Å². The molecule has 32 heavy (non-hydrogen) atoms. The molecule has 1 N–H and O–H groups in total. The van der Waals surface area contributed by atoms with Gasteiger partial charge in [-0.2, -0.15) is 18.6 Å². The van der Waals surface area contributed by atoms with Crippen LogP contribution in [0.2, 0.25) is 0 Å². The number of hydrogen-bond donors (Lipinski definition) is 1. The van der Waals surface area contributed by atoms with Crippen LogP contribution in [0.1, 0.15) is 10.5 Å². The second-order valence-electron chi connectivity index (χ2n) is 6.31. The summed E-state index contributed by atoms with van der Waals surface area (Å²) in [6.07, 6.45) is 0. The van der Waals surface area contributed by atoms with E-state index >= 15 is 0 Å². The Kier molecular flexibility index (Phi) is 5.99. The molecule has 7 nitrogen and oxygen atoms in total. The van der Waals surface area contributed by atoms with Crippen LogP contribution in [0, 0.1) is 5.82 Å². The van der Waals surface area contributed by atoms with E-state index in [1.165, 1.54) is 36.4 Å². The molecule has 0 aliphatic carbocycles. The number of ether oxygens (including phenoxy) is 1. The summed E-state index contributed by atoms with van der Waals surface area (Å²) in [4.78, 5) is 29.0. The lowest BCUT2D eigenvalue weighted by atomic mass is 10.1. The lowest BCUT2D eigenvalue weighted by molar-refractivity contribution is -0.0494. The predicted octanol–water partition coefficient (Wildman–Crippen LogP) is 4.35. The number of thiazole rings is 1. The van der Waals surface area contributed by atoms with Gasteiger partial charge in [0, 0.05) is 17.0 Å². The minimum absolute atomic E-state index is 0.0429. The Morgan fingerprint density at radius 2 is 1.81 bits per heavy atom. The second kappa shape index (κ2) is 9.02. The van der Waals surface area contributed by atoms with Gasteiger partial charge in [-0.05, 0) is 42.5 Å². The van der Waals surface area contributed by atoms with Gasteiger partial charge in [0.05, 0.1) is 11.4 Å². The number of anilines is 1. The van der Waals surface area contributed by atoms with Crippen molar-refractivity contribution in [3.63, 3.8) is 0 Å². The van der Waals surface area contributed by atoms with E-state index < -0.39 is 23.9 Å². The number of para-hydroxylation sites is 1. The first-order valence-electron chi connectivity index (χ1n) is 9.08. The third-order valence-electron chi connectivity index (χ3n) is 4.21. The Morgan fingerprint density at radius 3 is 2.56 bits per heavy atom. The molecule has 0 bridgehead atoms. The zero-order chi connectivity index (χ0) is 22.7. The maximum Gasteiger partial charge on any atom is 0.387 e. The molecule has 0 fully saturated rings. The van der Waals surface area contributed by atoms with Crippen LogP contribution >= 0.6 is 11.3 Å². The monoisotopic (exact) mass is 458 g/mol. The highest BCUT2D eigenvalue weighted by Crippen LogP contribution is 2.33. The number of halogens is 3.